The van der Waals surface area contributed by atoms with Crippen molar-refractivity contribution in [1.82, 2.24) is 0 Å². The molecule has 59 heavy (non-hydrogen) atoms. The lowest BCUT2D eigenvalue weighted by atomic mass is 10.1. The third kappa shape index (κ3) is 36.5. The normalized spacial score (nSPS) is 17.9. The average molecular weight is 845 g/mol. The van der Waals surface area contributed by atoms with Gasteiger partial charge in [-0.1, -0.05) is 130 Å². The Morgan fingerprint density at radius 3 is 1.68 bits per heavy atom. The number of unbranched alkanes of at least 4 members (excludes halogenated alkanes) is 4. The topological polar surface area (TPSA) is 121 Å². The molecule has 0 bridgehead atoms. The zero-order valence-electron chi connectivity index (χ0n) is 37.1. The molecule has 3 unspecified atom stereocenters. The summed E-state index contributed by atoms with van der Waals surface area (Å²) >= 11 is 0. The number of allylic oxidation sites excluding steroid dienone is 15. The number of ether oxygens (including phenoxy) is 3. The van der Waals surface area contributed by atoms with E-state index in [9.17, 15) is 19.0 Å². The van der Waals surface area contributed by atoms with E-state index in [0.29, 0.717) is 42.5 Å². The molecule has 1 saturated heterocycles. The van der Waals surface area contributed by atoms with E-state index >= 15 is 0 Å². The molecule has 1 rings (SSSR count). The maximum absolute atomic E-state index is 12.7. The van der Waals surface area contributed by atoms with Gasteiger partial charge in [-0.2, -0.15) is 0 Å². The summed E-state index contributed by atoms with van der Waals surface area (Å²) in [5.41, 5.74) is 0. The number of phosphoric ester groups is 1. The van der Waals surface area contributed by atoms with Gasteiger partial charge in [0.25, 0.3) is 0 Å². The summed E-state index contributed by atoms with van der Waals surface area (Å²) in [5, 5.41) is 0. The maximum Gasteiger partial charge on any atom is 0.472 e. The molecule has 1 aliphatic rings. The first-order valence-corrected chi connectivity index (χ1v) is 23.6. The Hall–Kier alpha value is -3.11. The number of likely N-dealkylation sites (N-methyl/N-ethyl adjacent to an activating group) is 1. The van der Waals surface area contributed by atoms with Crippen molar-refractivity contribution in [3.8, 4) is 0 Å². The van der Waals surface area contributed by atoms with E-state index in [-0.39, 0.29) is 26.1 Å². The number of carbonyl (C=O) groups excluding carboxylic acids is 2. The van der Waals surface area contributed by atoms with Gasteiger partial charge in [0.15, 0.2) is 6.10 Å². The van der Waals surface area contributed by atoms with E-state index in [4.69, 9.17) is 23.3 Å². The van der Waals surface area contributed by atoms with Crippen LogP contribution in [0.2, 0.25) is 0 Å². The molecular weight excluding hydrogens is 765 g/mol. The molecule has 0 saturated carbocycles. The Bertz CT molecular complexity index is 1390. The molecule has 1 heterocycles. The van der Waals surface area contributed by atoms with Gasteiger partial charge in [-0.05, 0) is 83.5 Å². The highest BCUT2D eigenvalue weighted by molar-refractivity contribution is 7.47. The van der Waals surface area contributed by atoms with E-state index in [1.165, 1.54) is 25.7 Å². The molecule has 0 aromatic heterocycles. The van der Waals surface area contributed by atoms with Crippen LogP contribution in [-0.2, 0) is 37.4 Å². The Balaban J connectivity index is 2.37. The van der Waals surface area contributed by atoms with Gasteiger partial charge in [-0.25, -0.2) is 4.57 Å². The molecule has 334 valence electrons. The summed E-state index contributed by atoms with van der Waals surface area (Å²) in [5.74, 6) is -0.949. The molecule has 0 aromatic carbocycles. The van der Waals surface area contributed by atoms with Crippen molar-refractivity contribution in [2.45, 2.75) is 148 Å². The van der Waals surface area contributed by atoms with Crippen LogP contribution in [-0.4, -0.2) is 87.1 Å². The van der Waals surface area contributed by atoms with Crippen LogP contribution in [0.25, 0.3) is 0 Å². The molecule has 1 aliphatic heterocycles. The number of esters is 2. The Morgan fingerprint density at radius 1 is 0.644 bits per heavy atom. The van der Waals surface area contributed by atoms with Crippen molar-refractivity contribution in [3.63, 3.8) is 0 Å². The predicted octanol–water partition coefficient (Wildman–Crippen LogP) is 11.6. The van der Waals surface area contributed by atoms with E-state index in [1.807, 2.05) is 33.3 Å². The van der Waals surface area contributed by atoms with E-state index in [2.05, 4.69) is 98.9 Å². The van der Waals surface area contributed by atoms with Gasteiger partial charge in [0.05, 0.1) is 40.0 Å². The van der Waals surface area contributed by atoms with Crippen LogP contribution in [0.15, 0.2) is 97.2 Å². The van der Waals surface area contributed by atoms with Gasteiger partial charge in [0.1, 0.15) is 19.8 Å². The van der Waals surface area contributed by atoms with Crippen LogP contribution in [0.3, 0.4) is 0 Å². The second kappa shape index (κ2) is 35.6. The highest BCUT2D eigenvalue weighted by Crippen LogP contribution is 2.43. The van der Waals surface area contributed by atoms with Gasteiger partial charge in [-0.3, -0.25) is 18.6 Å². The van der Waals surface area contributed by atoms with Crippen molar-refractivity contribution >= 4 is 19.8 Å². The van der Waals surface area contributed by atoms with Crippen molar-refractivity contribution in [2.75, 3.05) is 47.5 Å². The zero-order chi connectivity index (χ0) is 43.3. The number of phosphoric acid groups is 1. The van der Waals surface area contributed by atoms with Crippen LogP contribution in [0.5, 0.6) is 0 Å². The van der Waals surface area contributed by atoms with Crippen LogP contribution in [0.1, 0.15) is 129 Å². The molecule has 11 heteroatoms. The number of epoxide rings is 1. The Kier molecular flexibility index (Phi) is 32.6. The fraction of sp³-hybridized carbons (Fsp3) is 0.625. The molecule has 1 N–H and O–H groups in total. The Morgan fingerprint density at radius 2 is 1.15 bits per heavy atom. The van der Waals surface area contributed by atoms with Crippen molar-refractivity contribution in [1.29, 1.82) is 0 Å². The summed E-state index contributed by atoms with van der Waals surface area (Å²) in [7, 11) is 1.39. The first-order valence-electron chi connectivity index (χ1n) is 22.1. The number of hydrogen-bond donors (Lipinski definition) is 1. The van der Waals surface area contributed by atoms with Crippen LogP contribution >= 0.6 is 7.82 Å². The van der Waals surface area contributed by atoms with E-state index in [1.54, 1.807) is 0 Å². The number of hydrogen-bond acceptors (Lipinski definition) is 8. The number of rotatable bonds is 37. The van der Waals surface area contributed by atoms with Crippen LogP contribution < -0.4 is 0 Å². The van der Waals surface area contributed by atoms with Crippen molar-refractivity contribution in [2.24, 2.45) is 0 Å². The molecule has 0 aliphatic carbocycles. The fourth-order valence-electron chi connectivity index (χ4n) is 5.49. The lowest BCUT2D eigenvalue weighted by Crippen LogP contribution is -2.37. The van der Waals surface area contributed by atoms with Gasteiger partial charge in [0, 0.05) is 12.8 Å². The smallest absolute Gasteiger partial charge is 0.462 e. The molecule has 0 amide bonds. The number of carbonyl (C=O) groups is 2. The van der Waals surface area contributed by atoms with Gasteiger partial charge in [-0.15, -0.1) is 0 Å². The lowest BCUT2D eigenvalue weighted by molar-refractivity contribution is -0.870. The third-order valence-electron chi connectivity index (χ3n) is 9.02. The van der Waals surface area contributed by atoms with Gasteiger partial charge < -0.3 is 23.6 Å². The third-order valence-corrected chi connectivity index (χ3v) is 10.0. The molecule has 0 spiro atoms. The molecule has 4 atom stereocenters. The quantitative estimate of drug-likeness (QED) is 0.0163. The summed E-state index contributed by atoms with van der Waals surface area (Å²) < 4.78 is 39.9. The second-order valence-electron chi connectivity index (χ2n) is 15.7. The predicted molar refractivity (Wildman–Crippen MR) is 242 cm³/mol. The minimum Gasteiger partial charge on any atom is -0.462 e. The van der Waals surface area contributed by atoms with Gasteiger partial charge >= 0.3 is 19.8 Å². The van der Waals surface area contributed by atoms with E-state index in [0.717, 1.165) is 57.8 Å². The fourth-order valence-corrected chi connectivity index (χ4v) is 6.23. The SMILES string of the molecule is CC/C=C\C/C=C\C/C=C\C/C=C\C/C=C\CCCC(=O)OC[C@H](COP(=O)(O)OCC[N+](C)(C)C)OC(=O)CCC/C=C\C/C=C\C/C=C\CC1OC1CCCCC. The maximum atomic E-state index is 12.7. The van der Waals surface area contributed by atoms with Crippen LogP contribution in [0, 0.1) is 0 Å². The first-order chi connectivity index (χ1) is 28.5. The Labute approximate surface area is 358 Å². The summed E-state index contributed by atoms with van der Waals surface area (Å²) in [6, 6.07) is 0. The van der Waals surface area contributed by atoms with E-state index < -0.39 is 32.5 Å². The molecule has 0 radical (unpaired) electrons. The average Bonchev–Trinajstić information content (AvgIpc) is 3.94. The second-order valence-corrected chi connectivity index (χ2v) is 17.2. The summed E-state index contributed by atoms with van der Waals surface area (Å²) in [6.45, 7) is 4.11. The standard InChI is InChI=1S/C48H78NO9P/c1-6-8-10-11-12-13-14-15-16-17-18-19-20-24-27-30-34-38-47(50)54-42-44(43-56-59(52,53)55-41-40-49(3,4)5)57-48(51)39-35-31-28-25-22-21-23-26-29-33-37-46-45(58-46)36-32-9-7-2/h8,10,12-13,15-16,18-19,21,23-25,27-29,33,44-46H,6-7,9,11,14,17,20,22,26,30-32,34-43H2,1-5H3/p+1/b10-8-,13-12-,16-15-,19-18-,23-21-,27-24-,28-25-,33-29-/t44-,45?,46?/m1/s1. The number of nitrogens with zero attached hydrogens (tertiary/aromatic N) is 1. The highest BCUT2D eigenvalue weighted by atomic mass is 31.2. The molecule has 10 nitrogen and oxygen atoms in total. The lowest BCUT2D eigenvalue weighted by Gasteiger charge is -2.24. The minimum atomic E-state index is -4.41. The van der Waals surface area contributed by atoms with Gasteiger partial charge in [0.2, 0.25) is 0 Å². The highest BCUT2D eigenvalue weighted by Gasteiger charge is 2.36. The van der Waals surface area contributed by atoms with Crippen LogP contribution in [0.4, 0.5) is 0 Å². The number of quaternary nitrogens is 1. The molecule has 1 fully saturated rings. The van der Waals surface area contributed by atoms with Crippen molar-refractivity contribution < 1.29 is 46.8 Å². The first kappa shape index (κ1) is 53.9. The largest absolute Gasteiger partial charge is 0.472 e. The minimum absolute atomic E-state index is 0.00480. The summed E-state index contributed by atoms with van der Waals surface area (Å²) in [6.07, 6.45) is 49.3. The molecule has 0 aromatic rings. The van der Waals surface area contributed by atoms with Crippen molar-refractivity contribution in [3.05, 3.63) is 97.2 Å². The zero-order valence-corrected chi connectivity index (χ0v) is 38.0. The summed E-state index contributed by atoms with van der Waals surface area (Å²) in [4.78, 5) is 35.4. The monoisotopic (exact) mass is 845 g/mol. The molecular formula is C48H79NO9P+.